The standard InChI is InChI=1S/C38H51N3O9/c1-9-50-24-13-10-19(14-20(24)16-40-34(48)41-35(4,5)6)21-11-12-23(42)25-22(21)15-36(7)17-37(8)27(18(2)3)30(44)26(33(39)47)31(45)38(37,49)32(46)28(36)29(25)43/h10-14,18,26-28,30,32,42,44,46,49H,9,15-17H2,1-8H3,(H2,39,47)(H2,40,41,48)/t26-,27+,28-,30?,32?,36-,37-,38+/m1/s1. The first-order chi connectivity index (χ1) is 23.1. The monoisotopic (exact) mass is 693 g/mol. The quantitative estimate of drug-likeness (QED) is 0.212. The number of benzene rings is 2. The maximum absolute atomic E-state index is 14.5. The predicted molar refractivity (Wildman–Crippen MR) is 185 cm³/mol. The minimum Gasteiger partial charge on any atom is -0.507 e. The van der Waals surface area contributed by atoms with Gasteiger partial charge in [-0.2, -0.15) is 0 Å². The van der Waals surface area contributed by atoms with Gasteiger partial charge in [0.2, 0.25) is 5.91 Å². The number of urea groups is 1. The second-order valence-corrected chi connectivity index (χ2v) is 16.3. The van der Waals surface area contributed by atoms with E-state index >= 15 is 0 Å². The minimum atomic E-state index is -2.58. The number of Topliss-reactive ketones (excluding diaryl/α,β-unsaturated/α-hetero) is 2. The Morgan fingerprint density at radius 1 is 1.10 bits per heavy atom. The summed E-state index contributed by atoms with van der Waals surface area (Å²) in [5, 5.41) is 52.7. The van der Waals surface area contributed by atoms with Crippen LogP contribution in [-0.4, -0.2) is 73.9 Å². The second-order valence-electron chi connectivity index (χ2n) is 16.3. The lowest BCUT2D eigenvalue weighted by Crippen LogP contribution is -2.79. The lowest BCUT2D eigenvalue weighted by Gasteiger charge is -2.66. The van der Waals surface area contributed by atoms with Crippen LogP contribution in [0.15, 0.2) is 30.3 Å². The van der Waals surface area contributed by atoms with E-state index in [2.05, 4.69) is 10.6 Å². The Bertz CT molecular complexity index is 1730. The van der Waals surface area contributed by atoms with E-state index in [-0.39, 0.29) is 42.6 Å². The number of phenols is 1. The van der Waals surface area contributed by atoms with Crippen LogP contribution in [0.3, 0.4) is 0 Å². The highest BCUT2D eigenvalue weighted by Crippen LogP contribution is 2.66. The molecule has 0 heterocycles. The molecule has 0 saturated heterocycles. The van der Waals surface area contributed by atoms with Crippen molar-refractivity contribution in [3.8, 4) is 22.6 Å². The Morgan fingerprint density at radius 2 is 1.76 bits per heavy atom. The highest BCUT2D eigenvalue weighted by molar-refractivity contribution is 6.09. The van der Waals surface area contributed by atoms with E-state index in [4.69, 9.17) is 10.5 Å². The molecular formula is C38H51N3O9. The average Bonchev–Trinajstić information content (AvgIpc) is 2.97. The van der Waals surface area contributed by atoms with Crippen LogP contribution in [0.4, 0.5) is 4.79 Å². The fourth-order valence-electron chi connectivity index (χ4n) is 9.54. The van der Waals surface area contributed by atoms with Crippen molar-refractivity contribution in [1.82, 2.24) is 10.6 Å². The second kappa shape index (κ2) is 12.6. The van der Waals surface area contributed by atoms with Gasteiger partial charge in [-0.05, 0) is 92.7 Å². The Balaban J connectivity index is 1.63. The van der Waals surface area contributed by atoms with E-state index < -0.39 is 69.4 Å². The van der Waals surface area contributed by atoms with E-state index in [1.807, 2.05) is 46.8 Å². The predicted octanol–water partition coefficient (Wildman–Crippen LogP) is 3.24. The van der Waals surface area contributed by atoms with Crippen molar-refractivity contribution in [2.45, 2.75) is 98.1 Å². The van der Waals surface area contributed by atoms with Crippen molar-refractivity contribution in [3.05, 3.63) is 47.0 Å². The van der Waals surface area contributed by atoms with Crippen LogP contribution in [0.25, 0.3) is 11.1 Å². The third-order valence-corrected chi connectivity index (χ3v) is 11.3. The molecule has 3 aliphatic carbocycles. The third-order valence-electron chi connectivity index (χ3n) is 11.3. The van der Waals surface area contributed by atoms with Gasteiger partial charge in [-0.25, -0.2) is 4.79 Å². The SMILES string of the molecule is CCOc1ccc(-c2ccc(O)c3c2C[C@]2(C)C[C@]4(C)[C@@H](C(C)C)C(O)[C@@H](C(N)=O)C(=O)[C@]4(O)C(O)[C@H]2C3=O)cc1CNC(=O)NC(C)(C)C. The van der Waals surface area contributed by atoms with Gasteiger partial charge in [-0.15, -0.1) is 0 Å². The highest BCUT2D eigenvalue weighted by Gasteiger charge is 2.76. The number of nitrogens with one attached hydrogen (secondary N) is 2. The van der Waals surface area contributed by atoms with Crippen LogP contribution in [0, 0.1) is 34.5 Å². The number of aliphatic hydroxyl groups is 3. The van der Waals surface area contributed by atoms with Gasteiger partial charge in [0.15, 0.2) is 17.2 Å². The Morgan fingerprint density at radius 3 is 2.34 bits per heavy atom. The first-order valence-electron chi connectivity index (χ1n) is 17.3. The van der Waals surface area contributed by atoms with Crippen molar-refractivity contribution in [1.29, 1.82) is 0 Å². The molecule has 2 saturated carbocycles. The maximum atomic E-state index is 14.5. The Labute approximate surface area is 292 Å². The molecular weight excluding hydrogens is 642 g/mol. The summed E-state index contributed by atoms with van der Waals surface area (Å²) in [5.41, 5.74) is 2.56. The largest absolute Gasteiger partial charge is 0.507 e. The number of nitrogens with two attached hydrogens (primary N) is 1. The van der Waals surface area contributed by atoms with Crippen LogP contribution < -0.4 is 21.1 Å². The summed E-state index contributed by atoms with van der Waals surface area (Å²) >= 11 is 0. The molecule has 3 amide bonds. The highest BCUT2D eigenvalue weighted by atomic mass is 16.5. The Hall–Kier alpha value is -4.00. The molecule has 2 fully saturated rings. The van der Waals surface area contributed by atoms with Gasteiger partial charge in [-0.3, -0.25) is 14.4 Å². The first-order valence-corrected chi connectivity index (χ1v) is 17.3. The van der Waals surface area contributed by atoms with Gasteiger partial charge >= 0.3 is 6.03 Å². The zero-order valence-corrected chi connectivity index (χ0v) is 30.1. The summed E-state index contributed by atoms with van der Waals surface area (Å²) in [6.07, 6.45) is -3.25. The van der Waals surface area contributed by atoms with Crippen molar-refractivity contribution in [3.63, 3.8) is 0 Å². The number of hydrogen-bond donors (Lipinski definition) is 7. The van der Waals surface area contributed by atoms with Gasteiger partial charge in [0, 0.05) is 23.1 Å². The van der Waals surface area contributed by atoms with Crippen LogP contribution in [-0.2, 0) is 22.6 Å². The molecule has 50 heavy (non-hydrogen) atoms. The molecule has 5 rings (SSSR count). The number of hydrogen-bond acceptors (Lipinski definition) is 9. The number of fused-ring (bicyclic) bond motifs is 3. The molecule has 0 aliphatic heterocycles. The molecule has 2 aromatic rings. The summed E-state index contributed by atoms with van der Waals surface area (Å²) in [4.78, 5) is 53.6. The number of primary amides is 1. The fraction of sp³-hybridized carbons (Fsp3) is 0.579. The average molecular weight is 694 g/mol. The minimum absolute atomic E-state index is 0.0236. The van der Waals surface area contributed by atoms with E-state index in [0.717, 1.165) is 0 Å². The number of carbonyl (C=O) groups is 4. The molecule has 0 spiro atoms. The molecule has 8 N–H and O–H groups in total. The summed E-state index contributed by atoms with van der Waals surface area (Å²) < 4.78 is 5.85. The van der Waals surface area contributed by atoms with Gasteiger partial charge in [0.25, 0.3) is 0 Å². The lowest BCUT2D eigenvalue weighted by molar-refractivity contribution is -0.265. The topological polar surface area (TPSA) is 209 Å². The van der Waals surface area contributed by atoms with Crippen molar-refractivity contribution in [2.24, 2.45) is 40.2 Å². The zero-order chi connectivity index (χ0) is 37.3. The van der Waals surface area contributed by atoms with Gasteiger partial charge in [0.05, 0.1) is 24.2 Å². The molecule has 0 bridgehead atoms. The summed E-state index contributed by atoms with van der Waals surface area (Å²) in [6, 6.07) is 8.24. The summed E-state index contributed by atoms with van der Waals surface area (Å²) in [6.45, 7) is 15.1. The zero-order valence-electron chi connectivity index (χ0n) is 30.1. The molecule has 12 nitrogen and oxygen atoms in total. The van der Waals surface area contributed by atoms with E-state index in [9.17, 15) is 39.6 Å². The van der Waals surface area contributed by atoms with Crippen LogP contribution in [0.5, 0.6) is 11.5 Å². The van der Waals surface area contributed by atoms with Crippen LogP contribution >= 0.6 is 0 Å². The van der Waals surface area contributed by atoms with E-state index in [1.54, 1.807) is 32.9 Å². The smallest absolute Gasteiger partial charge is 0.315 e. The molecule has 3 aliphatic rings. The molecule has 2 aromatic carbocycles. The van der Waals surface area contributed by atoms with Crippen molar-refractivity contribution < 1.29 is 44.3 Å². The van der Waals surface area contributed by atoms with Crippen molar-refractivity contribution >= 4 is 23.5 Å². The van der Waals surface area contributed by atoms with Crippen LogP contribution in [0.1, 0.15) is 83.3 Å². The number of ether oxygens (including phenoxy) is 1. The molecule has 8 atom stereocenters. The molecule has 2 unspecified atom stereocenters. The lowest BCUT2D eigenvalue weighted by atomic mass is 9.39. The summed E-state index contributed by atoms with van der Waals surface area (Å²) in [5.74, 6) is -6.89. The number of carbonyl (C=O) groups excluding carboxylic acids is 4. The molecule has 12 heteroatoms. The van der Waals surface area contributed by atoms with E-state index in [0.29, 0.717) is 34.6 Å². The molecule has 0 aromatic heterocycles. The summed E-state index contributed by atoms with van der Waals surface area (Å²) in [7, 11) is 0. The van der Waals surface area contributed by atoms with Crippen LogP contribution in [0.2, 0.25) is 0 Å². The molecule has 0 radical (unpaired) electrons. The Kier molecular flexibility index (Phi) is 9.42. The number of phenolic OH excluding ortho intramolecular Hbond substituents is 1. The maximum Gasteiger partial charge on any atom is 0.315 e. The fourth-order valence-corrected chi connectivity index (χ4v) is 9.54. The third kappa shape index (κ3) is 5.75. The normalized spacial score (nSPS) is 32.1. The molecule has 272 valence electrons. The van der Waals surface area contributed by atoms with Crippen molar-refractivity contribution in [2.75, 3.05) is 6.61 Å². The van der Waals surface area contributed by atoms with Gasteiger partial charge in [0.1, 0.15) is 23.5 Å². The van der Waals surface area contributed by atoms with E-state index in [1.165, 1.54) is 6.07 Å². The number of ketones is 2. The number of aromatic hydroxyl groups is 1. The number of rotatable bonds is 7. The van der Waals surface area contributed by atoms with Gasteiger partial charge in [-0.1, -0.05) is 39.8 Å². The number of amides is 3. The first kappa shape index (κ1) is 37.3. The van der Waals surface area contributed by atoms with Gasteiger partial charge < -0.3 is 41.5 Å². The number of aliphatic hydroxyl groups excluding tert-OH is 2.